The summed E-state index contributed by atoms with van der Waals surface area (Å²) in [5.74, 6) is 1.43. The van der Waals surface area contributed by atoms with E-state index < -0.39 is 10.0 Å². The van der Waals surface area contributed by atoms with Gasteiger partial charge < -0.3 is 8.98 Å². The zero-order chi connectivity index (χ0) is 24.0. The van der Waals surface area contributed by atoms with Crippen LogP contribution in [0.1, 0.15) is 60.8 Å². The van der Waals surface area contributed by atoms with E-state index in [0.717, 1.165) is 60.4 Å². The van der Waals surface area contributed by atoms with Gasteiger partial charge in [0.05, 0.1) is 22.1 Å². The Balaban J connectivity index is 1.71. The van der Waals surface area contributed by atoms with E-state index in [0.29, 0.717) is 10.8 Å². The molecule has 0 N–H and O–H groups in total. The van der Waals surface area contributed by atoms with E-state index >= 15 is 0 Å². The van der Waals surface area contributed by atoms with Crippen molar-refractivity contribution in [3.8, 4) is 0 Å². The second-order valence-electron chi connectivity index (χ2n) is 10.2. The lowest BCUT2D eigenvalue weighted by molar-refractivity contribution is 0.0269. The lowest BCUT2D eigenvalue weighted by Gasteiger charge is -2.53. The Labute approximate surface area is 201 Å². The first-order chi connectivity index (χ1) is 16.2. The van der Waals surface area contributed by atoms with E-state index in [9.17, 15) is 8.42 Å². The summed E-state index contributed by atoms with van der Waals surface area (Å²) in [5, 5.41) is 1.13. The molecule has 0 unspecified atom stereocenters. The molecule has 3 aliphatic rings. The monoisotopic (exact) mass is 480 g/mol. The molecule has 0 spiro atoms. The van der Waals surface area contributed by atoms with Crippen molar-refractivity contribution in [2.45, 2.75) is 57.4 Å². The highest BCUT2D eigenvalue weighted by Crippen LogP contribution is 2.57. The van der Waals surface area contributed by atoms with Gasteiger partial charge in [-0.15, -0.1) is 0 Å². The minimum atomic E-state index is -3.56. The predicted molar refractivity (Wildman–Crippen MR) is 132 cm³/mol. The van der Waals surface area contributed by atoms with Crippen LogP contribution >= 0.6 is 0 Å². The fourth-order valence-electron chi connectivity index (χ4n) is 6.42. The molecule has 0 aliphatic carbocycles. The van der Waals surface area contributed by atoms with Crippen molar-refractivity contribution >= 4 is 26.6 Å². The first kappa shape index (κ1) is 22.1. The van der Waals surface area contributed by atoms with Crippen LogP contribution in [0, 0.1) is 19.3 Å². The highest BCUT2D eigenvalue weighted by molar-refractivity contribution is 7.89. The maximum Gasteiger partial charge on any atom is 0.243 e. The number of nitrogens with zero attached hydrogens (tertiary/aromatic N) is 4. The first-order valence-corrected chi connectivity index (χ1v) is 13.6. The molecule has 1 aromatic carbocycles. The van der Waals surface area contributed by atoms with Crippen LogP contribution in [-0.2, 0) is 16.4 Å². The van der Waals surface area contributed by atoms with Crippen molar-refractivity contribution in [1.29, 1.82) is 0 Å². The van der Waals surface area contributed by atoms with Gasteiger partial charge in [-0.05, 0) is 69.8 Å². The minimum absolute atomic E-state index is 0.0158. The quantitative estimate of drug-likeness (QED) is 0.550. The third-order valence-electron chi connectivity index (χ3n) is 8.34. The number of sulfonamides is 1. The molecule has 34 heavy (non-hydrogen) atoms. The molecule has 180 valence electrons. The van der Waals surface area contributed by atoms with E-state index in [1.165, 1.54) is 22.0 Å². The summed E-state index contributed by atoms with van der Waals surface area (Å²) < 4.78 is 35.7. The second-order valence-corrected chi connectivity index (χ2v) is 12.4. The molecule has 1 fully saturated rings. The Hall–Kier alpha value is -2.42. The van der Waals surface area contributed by atoms with Gasteiger partial charge in [0.1, 0.15) is 11.5 Å². The molecule has 0 bridgehead atoms. The van der Waals surface area contributed by atoms with Crippen molar-refractivity contribution in [3.63, 3.8) is 0 Å². The van der Waals surface area contributed by atoms with E-state index in [1.807, 2.05) is 26.0 Å². The molecule has 1 saturated heterocycles. The zero-order valence-corrected chi connectivity index (χ0v) is 21.4. The molecular weight excluding hydrogens is 448 g/mol. The average molecular weight is 481 g/mol. The van der Waals surface area contributed by atoms with Crippen LogP contribution in [0.2, 0.25) is 0 Å². The number of fused-ring (bicyclic) bond motifs is 3. The Morgan fingerprint density at radius 2 is 2.03 bits per heavy atom. The summed E-state index contributed by atoms with van der Waals surface area (Å²) >= 11 is 0. The molecule has 0 amide bonds. The van der Waals surface area contributed by atoms with Gasteiger partial charge in [0, 0.05) is 37.1 Å². The van der Waals surface area contributed by atoms with E-state index in [2.05, 4.69) is 22.5 Å². The Kier molecular flexibility index (Phi) is 4.73. The molecule has 0 radical (unpaired) electrons. The van der Waals surface area contributed by atoms with E-state index in [-0.39, 0.29) is 11.5 Å². The third-order valence-corrected chi connectivity index (χ3v) is 10.2. The number of aryl methyl sites for hydroxylation is 2. The normalized spacial score (nSPS) is 24.5. The average Bonchev–Trinajstić information content (AvgIpc) is 3.34. The number of oxazole rings is 1. The Bertz CT molecular complexity index is 1440. The molecule has 2 atom stereocenters. The number of piperidine rings is 1. The molecular formula is C26H32N4O3S. The van der Waals surface area contributed by atoms with Crippen LogP contribution < -0.4 is 0 Å². The number of rotatable bonds is 4. The number of aromatic nitrogens is 2. The Morgan fingerprint density at radius 1 is 1.24 bits per heavy atom. The summed E-state index contributed by atoms with van der Waals surface area (Å²) in [6, 6.07) is 5.88. The smallest absolute Gasteiger partial charge is 0.243 e. The highest BCUT2D eigenvalue weighted by atomic mass is 32.2. The molecule has 6 rings (SSSR count). The van der Waals surface area contributed by atoms with E-state index in [1.54, 1.807) is 20.2 Å². The van der Waals surface area contributed by atoms with Crippen molar-refractivity contribution in [2.24, 2.45) is 5.41 Å². The molecule has 3 aliphatic heterocycles. The van der Waals surface area contributed by atoms with Crippen molar-refractivity contribution in [2.75, 3.05) is 27.2 Å². The third kappa shape index (κ3) is 2.82. The highest BCUT2D eigenvalue weighted by Gasteiger charge is 2.51. The molecule has 8 heteroatoms. The number of hydrogen-bond acceptors (Lipinski definition) is 5. The second kappa shape index (κ2) is 7.29. The lowest BCUT2D eigenvalue weighted by atomic mass is 9.66. The van der Waals surface area contributed by atoms with Crippen molar-refractivity contribution < 1.29 is 12.8 Å². The van der Waals surface area contributed by atoms with Gasteiger partial charge >= 0.3 is 0 Å². The van der Waals surface area contributed by atoms with Crippen molar-refractivity contribution in [1.82, 2.24) is 18.8 Å². The molecule has 5 heterocycles. The van der Waals surface area contributed by atoms with Gasteiger partial charge in [0.25, 0.3) is 0 Å². The maximum absolute atomic E-state index is 13.0. The zero-order valence-electron chi connectivity index (χ0n) is 20.6. The van der Waals surface area contributed by atoms with Gasteiger partial charge in [-0.1, -0.05) is 13.0 Å². The van der Waals surface area contributed by atoms with E-state index in [4.69, 9.17) is 9.40 Å². The summed E-state index contributed by atoms with van der Waals surface area (Å²) in [7, 11) is -0.405. The maximum atomic E-state index is 13.0. The van der Waals surface area contributed by atoms with Crippen molar-refractivity contribution in [3.05, 3.63) is 52.9 Å². The summed E-state index contributed by atoms with van der Waals surface area (Å²) in [4.78, 5) is 7.74. The SMILES string of the molecule is CC[C@@]12C=C(c3nc(C)c(C)o3)n3c4c(c5ccc(S(=O)(=O)N(C)C)cc53)CCN(CCC1)[C@@H]42. The first-order valence-electron chi connectivity index (χ1n) is 12.2. The van der Waals surface area contributed by atoms with Crippen LogP contribution in [0.25, 0.3) is 16.6 Å². The molecule has 3 aromatic rings. The van der Waals surface area contributed by atoms with Gasteiger partial charge in [-0.3, -0.25) is 4.90 Å². The topological polar surface area (TPSA) is 71.6 Å². The summed E-state index contributed by atoms with van der Waals surface area (Å²) in [5.41, 5.74) is 5.41. The van der Waals surface area contributed by atoms with Gasteiger partial charge in [-0.2, -0.15) is 0 Å². The fraction of sp³-hybridized carbons (Fsp3) is 0.500. The van der Waals surface area contributed by atoms with Crippen LogP contribution in [0.5, 0.6) is 0 Å². The van der Waals surface area contributed by atoms with Crippen LogP contribution in [0.3, 0.4) is 0 Å². The summed E-state index contributed by atoms with van der Waals surface area (Å²) in [6.07, 6.45) is 6.71. The van der Waals surface area contributed by atoms with Crippen LogP contribution in [0.4, 0.5) is 0 Å². The molecule has 0 saturated carbocycles. The van der Waals surface area contributed by atoms with Gasteiger partial charge in [0.2, 0.25) is 15.9 Å². The number of hydrogen-bond donors (Lipinski definition) is 0. The lowest BCUT2D eigenvalue weighted by Crippen LogP contribution is -2.50. The molecule has 7 nitrogen and oxygen atoms in total. The largest absolute Gasteiger partial charge is 0.440 e. The standard InChI is InChI=1S/C26H32N4O3S/c1-6-26-11-7-12-29-13-10-20-19-9-8-18(34(31,32)28(4)5)14-21(19)30(23(20)24(26)29)22(15-26)25-27-16(2)17(3)33-25/h8-9,14-15,24H,6-7,10-13H2,1-5H3/t24-,26-/m0/s1. The van der Waals surface area contributed by atoms with Crippen LogP contribution in [0.15, 0.2) is 33.6 Å². The number of benzene rings is 1. The van der Waals surface area contributed by atoms with Gasteiger partial charge in [0.15, 0.2) is 0 Å². The molecule has 2 aromatic heterocycles. The summed E-state index contributed by atoms with van der Waals surface area (Å²) in [6.45, 7) is 8.35. The Morgan fingerprint density at radius 3 is 2.71 bits per heavy atom. The van der Waals surface area contributed by atoms with Gasteiger partial charge in [-0.25, -0.2) is 17.7 Å². The predicted octanol–water partition coefficient (Wildman–Crippen LogP) is 4.49. The van der Waals surface area contributed by atoms with Crippen LogP contribution in [-0.4, -0.2) is 54.4 Å². The minimum Gasteiger partial charge on any atom is -0.440 e. The fourth-order valence-corrected chi connectivity index (χ4v) is 7.34.